The molecule has 3 nitrogen and oxygen atoms in total. The van der Waals surface area contributed by atoms with E-state index in [4.69, 9.17) is 4.18 Å². The molecule has 1 aliphatic carbocycles. The van der Waals surface area contributed by atoms with Crippen molar-refractivity contribution in [1.29, 1.82) is 0 Å². The average molecular weight is 326 g/mol. The van der Waals surface area contributed by atoms with Crippen molar-refractivity contribution in [3.05, 3.63) is 90.0 Å². The number of hydrogen-bond acceptors (Lipinski definition) is 3. The molecule has 1 aliphatic rings. The maximum atomic E-state index is 12.7. The highest BCUT2D eigenvalue weighted by Gasteiger charge is 2.36. The fourth-order valence-electron chi connectivity index (χ4n) is 2.59. The van der Waals surface area contributed by atoms with E-state index in [2.05, 4.69) is 0 Å². The van der Waals surface area contributed by atoms with Crippen LogP contribution in [0.5, 0.6) is 0 Å². The zero-order chi connectivity index (χ0) is 16.3. The van der Waals surface area contributed by atoms with Gasteiger partial charge >= 0.3 is 0 Å². The van der Waals surface area contributed by atoms with E-state index in [-0.39, 0.29) is 4.90 Å². The first kappa shape index (κ1) is 15.7. The van der Waals surface area contributed by atoms with Gasteiger partial charge in [-0.05, 0) is 30.7 Å². The van der Waals surface area contributed by atoms with Gasteiger partial charge in [0.25, 0.3) is 10.1 Å². The maximum Gasteiger partial charge on any atom is 0.298 e. The van der Waals surface area contributed by atoms with Crippen molar-refractivity contribution < 1.29 is 12.6 Å². The van der Waals surface area contributed by atoms with Crippen LogP contribution in [0.3, 0.4) is 0 Å². The molecule has 0 saturated heterocycles. The summed E-state index contributed by atoms with van der Waals surface area (Å²) < 4.78 is 31.1. The van der Waals surface area contributed by atoms with Crippen molar-refractivity contribution in [1.82, 2.24) is 0 Å². The molecule has 0 heterocycles. The van der Waals surface area contributed by atoms with Crippen LogP contribution in [0, 0.1) is 6.92 Å². The van der Waals surface area contributed by atoms with E-state index in [1.165, 1.54) is 0 Å². The molecule has 2 aromatic rings. The molecule has 3 rings (SSSR count). The first-order valence-electron chi connectivity index (χ1n) is 7.44. The number of benzene rings is 2. The van der Waals surface area contributed by atoms with Gasteiger partial charge in [-0.1, -0.05) is 66.3 Å². The highest BCUT2D eigenvalue weighted by Crippen LogP contribution is 2.37. The Labute approximate surface area is 137 Å². The fraction of sp³-hybridized carbons (Fsp3) is 0.158. The van der Waals surface area contributed by atoms with Crippen LogP contribution in [0.1, 0.15) is 17.5 Å². The van der Waals surface area contributed by atoms with Gasteiger partial charge in [0, 0.05) is 6.42 Å². The van der Waals surface area contributed by atoms with Gasteiger partial charge in [-0.15, -0.1) is 0 Å². The van der Waals surface area contributed by atoms with Crippen LogP contribution < -0.4 is 0 Å². The smallest absolute Gasteiger partial charge is 0.250 e. The van der Waals surface area contributed by atoms with E-state index in [1.54, 1.807) is 30.3 Å². The highest BCUT2D eigenvalue weighted by molar-refractivity contribution is 7.86. The van der Waals surface area contributed by atoms with Gasteiger partial charge in [-0.2, -0.15) is 8.42 Å². The lowest BCUT2D eigenvalue weighted by Crippen LogP contribution is -2.31. The third kappa shape index (κ3) is 3.28. The first-order valence-corrected chi connectivity index (χ1v) is 8.85. The van der Waals surface area contributed by atoms with Crippen molar-refractivity contribution in [2.75, 3.05) is 0 Å². The quantitative estimate of drug-likeness (QED) is 0.794. The highest BCUT2D eigenvalue weighted by atomic mass is 32.2. The van der Waals surface area contributed by atoms with Crippen LogP contribution in [0.4, 0.5) is 0 Å². The lowest BCUT2D eigenvalue weighted by atomic mass is 9.88. The molecule has 0 spiro atoms. The molecular weight excluding hydrogens is 308 g/mol. The minimum atomic E-state index is -3.87. The van der Waals surface area contributed by atoms with Gasteiger partial charge in [0.1, 0.15) is 5.60 Å². The number of allylic oxidation sites excluding steroid dienone is 2. The van der Waals surface area contributed by atoms with Crippen LogP contribution in [0.25, 0.3) is 0 Å². The molecule has 0 saturated carbocycles. The van der Waals surface area contributed by atoms with Gasteiger partial charge in [-0.3, -0.25) is 4.18 Å². The van der Waals surface area contributed by atoms with Crippen molar-refractivity contribution in [2.45, 2.75) is 23.8 Å². The normalized spacial score (nSPS) is 20.6. The molecule has 4 heteroatoms. The summed E-state index contributed by atoms with van der Waals surface area (Å²) in [5.74, 6) is 0. The molecule has 0 N–H and O–H groups in total. The summed E-state index contributed by atoms with van der Waals surface area (Å²) in [7, 11) is -3.87. The van der Waals surface area contributed by atoms with Crippen LogP contribution in [0.15, 0.2) is 83.8 Å². The Hall–Kier alpha value is -2.17. The summed E-state index contributed by atoms with van der Waals surface area (Å²) in [6, 6.07) is 16.1. The molecule has 2 aromatic carbocycles. The minimum Gasteiger partial charge on any atom is -0.250 e. The summed E-state index contributed by atoms with van der Waals surface area (Å²) in [6.07, 6.45) is 7.90. The van der Waals surface area contributed by atoms with Crippen molar-refractivity contribution in [2.24, 2.45) is 0 Å². The van der Waals surface area contributed by atoms with E-state index >= 15 is 0 Å². The number of hydrogen-bond donors (Lipinski definition) is 0. The summed E-state index contributed by atoms with van der Waals surface area (Å²) in [4.78, 5) is 0.168. The van der Waals surface area contributed by atoms with E-state index in [1.807, 2.05) is 55.5 Å². The molecule has 118 valence electrons. The van der Waals surface area contributed by atoms with Crippen LogP contribution >= 0.6 is 0 Å². The maximum absolute atomic E-state index is 12.7. The zero-order valence-electron chi connectivity index (χ0n) is 12.8. The zero-order valence-corrected chi connectivity index (χ0v) is 13.7. The standard InChI is InChI=1S/C19H18O3S/c1-16-10-12-18(13-11-16)23(20,21)22-19(14-6-3-7-15-19)17-8-4-2-5-9-17/h2-14H,15H2,1H3. The predicted octanol–water partition coefficient (Wildman–Crippen LogP) is 4.11. The molecule has 1 unspecified atom stereocenters. The summed E-state index contributed by atoms with van der Waals surface area (Å²) >= 11 is 0. The Morgan fingerprint density at radius 1 is 0.957 bits per heavy atom. The van der Waals surface area contributed by atoms with Gasteiger partial charge in [0.05, 0.1) is 4.90 Å². The van der Waals surface area contributed by atoms with Gasteiger partial charge < -0.3 is 0 Å². The van der Waals surface area contributed by atoms with Crippen molar-refractivity contribution in [3.63, 3.8) is 0 Å². The summed E-state index contributed by atoms with van der Waals surface area (Å²) in [5.41, 5.74) is 0.818. The number of rotatable bonds is 4. The number of aryl methyl sites for hydroxylation is 1. The summed E-state index contributed by atoms with van der Waals surface area (Å²) in [5, 5.41) is 0. The Morgan fingerprint density at radius 2 is 1.65 bits per heavy atom. The predicted molar refractivity (Wildman–Crippen MR) is 90.5 cm³/mol. The van der Waals surface area contributed by atoms with Crippen LogP contribution in [-0.2, 0) is 19.9 Å². The third-order valence-corrected chi connectivity index (χ3v) is 5.23. The SMILES string of the molecule is Cc1ccc(S(=O)(=O)OC2(c3ccccc3)C=CC=CC2)cc1. The molecule has 0 radical (unpaired) electrons. The second kappa shape index (κ2) is 6.14. The van der Waals surface area contributed by atoms with Crippen LogP contribution in [-0.4, -0.2) is 8.42 Å². The van der Waals surface area contributed by atoms with E-state index in [0.717, 1.165) is 11.1 Å². The molecule has 0 fully saturated rings. The fourth-order valence-corrected chi connectivity index (χ4v) is 3.77. The largest absolute Gasteiger partial charge is 0.298 e. The van der Waals surface area contributed by atoms with Gasteiger partial charge in [-0.25, -0.2) is 0 Å². The summed E-state index contributed by atoms with van der Waals surface area (Å²) in [6.45, 7) is 1.91. The molecule has 0 aliphatic heterocycles. The first-order chi connectivity index (χ1) is 11.0. The van der Waals surface area contributed by atoms with Crippen molar-refractivity contribution >= 4 is 10.1 Å². The lowest BCUT2D eigenvalue weighted by molar-refractivity contribution is 0.130. The van der Waals surface area contributed by atoms with Gasteiger partial charge in [0.2, 0.25) is 0 Å². The molecule has 0 amide bonds. The Kier molecular flexibility index (Phi) is 4.20. The topological polar surface area (TPSA) is 43.4 Å². The van der Waals surface area contributed by atoms with E-state index in [9.17, 15) is 8.42 Å². The monoisotopic (exact) mass is 326 g/mol. The molecule has 0 aromatic heterocycles. The third-order valence-electron chi connectivity index (χ3n) is 3.86. The van der Waals surface area contributed by atoms with Crippen molar-refractivity contribution in [3.8, 4) is 0 Å². The molecule has 23 heavy (non-hydrogen) atoms. The second-order valence-corrected chi connectivity index (χ2v) is 7.14. The lowest BCUT2D eigenvalue weighted by Gasteiger charge is -2.31. The Morgan fingerprint density at radius 3 is 2.26 bits per heavy atom. The Bertz CT molecular complexity index is 834. The molecule has 1 atom stereocenters. The second-order valence-electron chi connectivity index (χ2n) is 5.60. The minimum absolute atomic E-state index is 0.168. The molecule has 0 bridgehead atoms. The van der Waals surface area contributed by atoms with Gasteiger partial charge in [0.15, 0.2) is 0 Å². The van der Waals surface area contributed by atoms with E-state index in [0.29, 0.717) is 6.42 Å². The average Bonchev–Trinajstić information content (AvgIpc) is 2.56. The Balaban J connectivity index is 2.01. The van der Waals surface area contributed by atoms with E-state index < -0.39 is 15.7 Å². The van der Waals surface area contributed by atoms with Crippen LogP contribution in [0.2, 0.25) is 0 Å². The molecular formula is C19H18O3S.